The molecule has 1 aromatic carbocycles. The minimum Gasteiger partial charge on any atom is -0.276 e. The van der Waals surface area contributed by atoms with Crippen LogP contribution in [0.25, 0.3) is 6.08 Å². The van der Waals surface area contributed by atoms with Gasteiger partial charge in [-0.15, -0.1) is 12.4 Å². The molecule has 0 unspecified atom stereocenters. The Bertz CT molecular complexity index is 267. The number of halogens is 2. The minimum atomic E-state index is -0.450. The number of allylic oxidation sites excluding steroid dienone is 1. The van der Waals surface area contributed by atoms with E-state index in [1.54, 1.807) is 6.08 Å². The van der Waals surface area contributed by atoms with Crippen molar-refractivity contribution in [1.29, 1.82) is 0 Å². The Balaban J connectivity index is 0.00000121. The lowest BCUT2D eigenvalue weighted by atomic mass is 10.2. The van der Waals surface area contributed by atoms with E-state index >= 15 is 0 Å². The average molecular weight is 203 g/mol. The van der Waals surface area contributed by atoms with Gasteiger partial charge in [0.05, 0.1) is 0 Å². The predicted molar refractivity (Wildman–Crippen MR) is 53.6 cm³/mol. The van der Waals surface area contributed by atoms with E-state index in [1.165, 1.54) is 6.08 Å². The zero-order valence-electron chi connectivity index (χ0n) is 6.24. The molecule has 0 atom stereocenters. The third-order valence-corrected chi connectivity index (χ3v) is 1.33. The van der Waals surface area contributed by atoms with Gasteiger partial charge in [0.1, 0.15) is 0 Å². The van der Waals surface area contributed by atoms with Crippen LogP contribution >= 0.6 is 24.0 Å². The van der Waals surface area contributed by atoms with Crippen molar-refractivity contribution in [1.82, 2.24) is 0 Å². The van der Waals surface area contributed by atoms with Crippen LogP contribution in [0.15, 0.2) is 36.4 Å². The Morgan fingerprint density at radius 2 is 1.83 bits per heavy atom. The van der Waals surface area contributed by atoms with Gasteiger partial charge >= 0.3 is 0 Å². The van der Waals surface area contributed by atoms with Crippen molar-refractivity contribution in [3.63, 3.8) is 0 Å². The van der Waals surface area contributed by atoms with E-state index in [2.05, 4.69) is 0 Å². The summed E-state index contributed by atoms with van der Waals surface area (Å²) < 4.78 is 0. The van der Waals surface area contributed by atoms with E-state index < -0.39 is 5.24 Å². The molecule has 0 aliphatic heterocycles. The lowest BCUT2D eigenvalue weighted by Gasteiger charge is -1.87. The van der Waals surface area contributed by atoms with E-state index in [9.17, 15) is 4.79 Å². The molecule has 0 saturated heterocycles. The molecule has 0 bridgehead atoms. The smallest absolute Gasteiger partial charge is 0.245 e. The van der Waals surface area contributed by atoms with Gasteiger partial charge in [0, 0.05) is 0 Å². The van der Waals surface area contributed by atoms with Crippen LogP contribution in [0.4, 0.5) is 0 Å². The zero-order chi connectivity index (χ0) is 8.10. The number of benzene rings is 1. The molecule has 0 aliphatic carbocycles. The van der Waals surface area contributed by atoms with E-state index in [1.807, 2.05) is 30.3 Å². The second-order valence-corrected chi connectivity index (χ2v) is 2.42. The second-order valence-electron chi connectivity index (χ2n) is 2.05. The van der Waals surface area contributed by atoms with Gasteiger partial charge in [-0.3, -0.25) is 4.79 Å². The third-order valence-electron chi connectivity index (χ3n) is 1.21. The first-order valence-corrected chi connectivity index (χ1v) is 3.59. The molecule has 3 heteroatoms. The molecule has 0 aliphatic rings. The molecule has 64 valence electrons. The van der Waals surface area contributed by atoms with Crippen LogP contribution in [0.3, 0.4) is 0 Å². The maximum atomic E-state index is 10.3. The van der Waals surface area contributed by atoms with Gasteiger partial charge in [-0.25, -0.2) is 0 Å². The van der Waals surface area contributed by atoms with Gasteiger partial charge in [0.25, 0.3) is 0 Å². The second kappa shape index (κ2) is 5.81. The van der Waals surface area contributed by atoms with Gasteiger partial charge in [0.15, 0.2) is 0 Å². The van der Waals surface area contributed by atoms with Crippen LogP contribution in [0.1, 0.15) is 5.56 Å². The molecule has 0 radical (unpaired) electrons. The lowest BCUT2D eigenvalue weighted by Crippen LogP contribution is -1.75. The fourth-order valence-electron chi connectivity index (χ4n) is 0.726. The predicted octanol–water partition coefficient (Wildman–Crippen LogP) is 2.89. The maximum Gasteiger partial charge on any atom is 0.245 e. The number of carbonyl (C=O) groups is 1. The highest BCUT2D eigenvalue weighted by Crippen LogP contribution is 2.01. The molecule has 0 fully saturated rings. The molecule has 0 saturated carbocycles. The molecule has 12 heavy (non-hydrogen) atoms. The van der Waals surface area contributed by atoms with Gasteiger partial charge in [-0.1, -0.05) is 36.4 Å². The Morgan fingerprint density at radius 1 is 1.25 bits per heavy atom. The van der Waals surface area contributed by atoms with Gasteiger partial charge < -0.3 is 0 Å². The molecule has 1 nitrogen and oxygen atoms in total. The highest BCUT2D eigenvalue weighted by atomic mass is 35.5. The Kier molecular flexibility index (Phi) is 5.43. The summed E-state index contributed by atoms with van der Waals surface area (Å²) >= 11 is 5.10. The Morgan fingerprint density at radius 3 is 2.33 bits per heavy atom. The summed E-state index contributed by atoms with van der Waals surface area (Å²) in [6.45, 7) is 0. The molecule has 0 heterocycles. The molecular weight excluding hydrogens is 195 g/mol. The largest absolute Gasteiger partial charge is 0.276 e. The summed E-state index contributed by atoms with van der Waals surface area (Å²) in [5, 5.41) is -0.450. The summed E-state index contributed by atoms with van der Waals surface area (Å²) in [7, 11) is 0. The van der Waals surface area contributed by atoms with Crippen molar-refractivity contribution >= 4 is 35.3 Å². The van der Waals surface area contributed by atoms with Crippen LogP contribution in [-0.2, 0) is 4.79 Å². The summed E-state index contributed by atoms with van der Waals surface area (Å²) in [6, 6.07) is 9.52. The van der Waals surface area contributed by atoms with Crippen LogP contribution in [0.5, 0.6) is 0 Å². The summed E-state index contributed by atoms with van der Waals surface area (Å²) in [5.41, 5.74) is 0.974. The highest BCUT2D eigenvalue weighted by Gasteiger charge is 1.85. The van der Waals surface area contributed by atoms with Crippen LogP contribution in [-0.4, -0.2) is 5.24 Å². The lowest BCUT2D eigenvalue weighted by molar-refractivity contribution is -0.107. The zero-order valence-corrected chi connectivity index (χ0v) is 7.81. The first kappa shape index (κ1) is 11.2. The molecule has 0 spiro atoms. The number of rotatable bonds is 2. The fourth-order valence-corrected chi connectivity index (χ4v) is 0.789. The normalized spacial score (nSPS) is 9.42. The molecule has 0 aromatic heterocycles. The minimum absolute atomic E-state index is 0. The van der Waals surface area contributed by atoms with Gasteiger partial charge in [0.2, 0.25) is 5.24 Å². The van der Waals surface area contributed by atoms with Crippen molar-refractivity contribution in [2.45, 2.75) is 0 Å². The summed E-state index contributed by atoms with van der Waals surface area (Å²) in [5.74, 6) is 0. The maximum absolute atomic E-state index is 10.3. The van der Waals surface area contributed by atoms with Crippen molar-refractivity contribution in [3.8, 4) is 0 Å². The number of carbonyl (C=O) groups excluding carboxylic acids is 1. The third kappa shape index (κ3) is 4.16. The topological polar surface area (TPSA) is 17.1 Å². The van der Waals surface area contributed by atoms with E-state index in [0.29, 0.717) is 0 Å². The van der Waals surface area contributed by atoms with Crippen molar-refractivity contribution < 1.29 is 4.79 Å². The van der Waals surface area contributed by atoms with E-state index in [0.717, 1.165) is 5.56 Å². The van der Waals surface area contributed by atoms with Gasteiger partial charge in [-0.05, 0) is 23.2 Å². The van der Waals surface area contributed by atoms with Crippen molar-refractivity contribution in [3.05, 3.63) is 42.0 Å². The first-order chi connectivity index (χ1) is 5.29. The van der Waals surface area contributed by atoms with Crippen LogP contribution in [0, 0.1) is 0 Å². The van der Waals surface area contributed by atoms with E-state index in [4.69, 9.17) is 11.6 Å². The van der Waals surface area contributed by atoms with Crippen LogP contribution < -0.4 is 0 Å². The molecule has 1 aromatic rings. The summed E-state index contributed by atoms with van der Waals surface area (Å²) in [4.78, 5) is 10.3. The molecule has 0 N–H and O–H groups in total. The standard InChI is InChI=1S/C9H7ClO.ClH/c10-9(11)7-6-8-4-2-1-3-5-8;/h1-7H;1H. The SMILES string of the molecule is Cl.O=C(Cl)C=Cc1ccccc1. The fraction of sp³-hybridized carbons (Fsp3) is 0. The Hall–Kier alpha value is -0.790. The van der Waals surface area contributed by atoms with Gasteiger partial charge in [-0.2, -0.15) is 0 Å². The highest BCUT2D eigenvalue weighted by molar-refractivity contribution is 6.66. The van der Waals surface area contributed by atoms with Crippen molar-refractivity contribution in [2.24, 2.45) is 0 Å². The quantitative estimate of drug-likeness (QED) is 0.533. The van der Waals surface area contributed by atoms with E-state index in [-0.39, 0.29) is 12.4 Å². The molecule has 1 rings (SSSR count). The number of hydrogen-bond acceptors (Lipinski definition) is 1. The molecule has 0 amide bonds. The monoisotopic (exact) mass is 202 g/mol. The number of hydrogen-bond donors (Lipinski definition) is 0. The van der Waals surface area contributed by atoms with Crippen LogP contribution in [0.2, 0.25) is 0 Å². The first-order valence-electron chi connectivity index (χ1n) is 3.21. The summed E-state index contributed by atoms with van der Waals surface area (Å²) in [6.07, 6.45) is 3.01. The van der Waals surface area contributed by atoms with Crippen molar-refractivity contribution in [2.75, 3.05) is 0 Å². The average Bonchev–Trinajstić information content (AvgIpc) is 2.03. The Labute approximate surface area is 82.5 Å². The molecular formula is C9H8Cl2O.